The van der Waals surface area contributed by atoms with Crippen molar-refractivity contribution in [3.05, 3.63) is 0 Å². The topological polar surface area (TPSA) is 29.5 Å². The van der Waals surface area contributed by atoms with E-state index in [1.807, 2.05) is 0 Å². The summed E-state index contributed by atoms with van der Waals surface area (Å²) in [5.41, 5.74) is 0. The van der Waals surface area contributed by atoms with E-state index in [0.717, 1.165) is 25.7 Å². The van der Waals surface area contributed by atoms with E-state index >= 15 is 0 Å². The van der Waals surface area contributed by atoms with Crippen LogP contribution < -0.4 is 0 Å². The van der Waals surface area contributed by atoms with Gasteiger partial charge in [0.2, 0.25) is 0 Å². The van der Waals surface area contributed by atoms with Crippen LogP contribution in [0.3, 0.4) is 0 Å². The van der Waals surface area contributed by atoms with E-state index < -0.39 is 0 Å². The molecular formula is C10H20NO2. The van der Waals surface area contributed by atoms with E-state index in [1.54, 1.807) is 6.41 Å². The molecule has 1 amide bonds. The van der Waals surface area contributed by atoms with Crippen LogP contribution in [0.1, 0.15) is 46.0 Å². The van der Waals surface area contributed by atoms with Crippen LogP contribution in [0.4, 0.5) is 0 Å². The average molecular weight is 186 g/mol. The summed E-state index contributed by atoms with van der Waals surface area (Å²) in [4.78, 5) is 15.6. The number of nitrogens with zero attached hydrogens (tertiary/aromatic N) is 1. The molecule has 0 aromatic rings. The zero-order valence-corrected chi connectivity index (χ0v) is 8.71. The predicted octanol–water partition coefficient (Wildman–Crippen LogP) is 2.28. The highest BCUT2D eigenvalue weighted by molar-refractivity contribution is 5.45. The molecule has 77 valence electrons. The average Bonchev–Trinajstić information content (AvgIpc) is 2.17. The molecule has 0 aromatic heterocycles. The molecule has 0 unspecified atom stereocenters. The van der Waals surface area contributed by atoms with Crippen LogP contribution >= 0.6 is 0 Å². The molecular weight excluding hydrogens is 166 g/mol. The Morgan fingerprint density at radius 3 is 2.38 bits per heavy atom. The maximum atomic E-state index is 10.4. The fourth-order valence-corrected chi connectivity index (χ4v) is 0.965. The molecule has 0 aliphatic carbocycles. The minimum absolute atomic E-state index is 0.632. The lowest BCUT2D eigenvalue weighted by Crippen LogP contribution is -2.23. The van der Waals surface area contributed by atoms with Crippen molar-refractivity contribution in [2.24, 2.45) is 0 Å². The Morgan fingerprint density at radius 2 is 1.85 bits per heavy atom. The highest BCUT2D eigenvalue weighted by Crippen LogP contribution is 1.98. The van der Waals surface area contributed by atoms with Gasteiger partial charge in [-0.3, -0.25) is 9.63 Å². The molecule has 0 bridgehead atoms. The summed E-state index contributed by atoms with van der Waals surface area (Å²) in [7, 11) is 0. The summed E-state index contributed by atoms with van der Waals surface area (Å²) in [5.74, 6) is 0. The van der Waals surface area contributed by atoms with Gasteiger partial charge in [0.1, 0.15) is 0 Å². The van der Waals surface area contributed by atoms with Gasteiger partial charge in [-0.1, -0.05) is 33.1 Å². The van der Waals surface area contributed by atoms with Gasteiger partial charge in [-0.2, -0.15) is 0 Å². The molecule has 0 fully saturated rings. The van der Waals surface area contributed by atoms with Crippen LogP contribution in [0.15, 0.2) is 0 Å². The van der Waals surface area contributed by atoms with Crippen molar-refractivity contribution in [2.45, 2.75) is 46.0 Å². The van der Waals surface area contributed by atoms with Gasteiger partial charge in [0.05, 0.1) is 6.61 Å². The fourth-order valence-electron chi connectivity index (χ4n) is 0.965. The van der Waals surface area contributed by atoms with Crippen LogP contribution in [0.2, 0.25) is 0 Å². The Bertz CT molecular complexity index is 117. The van der Waals surface area contributed by atoms with Crippen LogP contribution in [-0.4, -0.2) is 24.6 Å². The highest BCUT2D eigenvalue weighted by Gasteiger charge is 2.01. The highest BCUT2D eigenvalue weighted by atomic mass is 16.7. The largest absolute Gasteiger partial charge is 0.337 e. The van der Waals surface area contributed by atoms with Gasteiger partial charge in [0.15, 0.2) is 0 Å². The molecule has 0 atom stereocenters. The Kier molecular flexibility index (Phi) is 9.10. The normalized spacial score (nSPS) is 10.0. The molecule has 13 heavy (non-hydrogen) atoms. The molecule has 0 spiro atoms. The first-order valence-electron chi connectivity index (χ1n) is 5.13. The second-order valence-corrected chi connectivity index (χ2v) is 3.09. The van der Waals surface area contributed by atoms with Gasteiger partial charge in [-0.05, 0) is 12.8 Å². The van der Waals surface area contributed by atoms with E-state index in [2.05, 4.69) is 13.8 Å². The van der Waals surface area contributed by atoms with Crippen LogP contribution in [0.25, 0.3) is 0 Å². The predicted molar refractivity (Wildman–Crippen MR) is 52.8 cm³/mol. The third-order valence-corrected chi connectivity index (χ3v) is 1.81. The van der Waals surface area contributed by atoms with Gasteiger partial charge in [-0.25, -0.2) is 5.06 Å². The first-order valence-corrected chi connectivity index (χ1v) is 5.13. The summed E-state index contributed by atoms with van der Waals surface area (Å²) in [5, 5.41) is 1.28. The summed E-state index contributed by atoms with van der Waals surface area (Å²) >= 11 is 0. The van der Waals surface area contributed by atoms with Crippen LogP contribution in [0.5, 0.6) is 0 Å². The molecule has 0 aliphatic heterocycles. The number of hydrogen-bond donors (Lipinski definition) is 0. The molecule has 0 aliphatic rings. The van der Waals surface area contributed by atoms with Gasteiger partial charge in [0, 0.05) is 6.54 Å². The lowest BCUT2D eigenvalue weighted by atomic mass is 10.3. The third-order valence-electron chi connectivity index (χ3n) is 1.81. The van der Waals surface area contributed by atoms with E-state index in [4.69, 9.17) is 4.84 Å². The lowest BCUT2D eigenvalue weighted by molar-refractivity contribution is -0.102. The van der Waals surface area contributed by atoms with Crippen molar-refractivity contribution in [2.75, 3.05) is 13.2 Å². The molecule has 0 aromatic carbocycles. The molecule has 0 rings (SSSR count). The summed E-state index contributed by atoms with van der Waals surface area (Å²) in [6, 6.07) is 0. The van der Waals surface area contributed by atoms with E-state index in [9.17, 15) is 4.79 Å². The molecule has 3 heteroatoms. The Hall–Kier alpha value is -0.570. The van der Waals surface area contributed by atoms with Crippen LogP contribution in [0, 0.1) is 0 Å². The standard InChI is InChI=1S/C10H20NO2/c1-3-5-7-9-13-11(10-12)8-6-4-2/h3-9H2,1-2H3. The van der Waals surface area contributed by atoms with Gasteiger partial charge in [0.25, 0.3) is 0 Å². The smallest absolute Gasteiger partial charge is 0.271 e. The van der Waals surface area contributed by atoms with E-state index in [-0.39, 0.29) is 0 Å². The number of unbranched alkanes of at least 4 members (excludes halogenated alkanes) is 3. The first kappa shape index (κ1) is 12.4. The van der Waals surface area contributed by atoms with E-state index in [1.165, 1.54) is 11.5 Å². The van der Waals surface area contributed by atoms with Crippen molar-refractivity contribution in [3.63, 3.8) is 0 Å². The number of hydrogen-bond acceptors (Lipinski definition) is 2. The third kappa shape index (κ3) is 7.78. The van der Waals surface area contributed by atoms with Gasteiger partial charge >= 0.3 is 6.41 Å². The molecule has 0 heterocycles. The minimum atomic E-state index is 0.632. The molecule has 0 saturated heterocycles. The van der Waals surface area contributed by atoms with Crippen molar-refractivity contribution in [1.82, 2.24) is 5.06 Å². The summed E-state index contributed by atoms with van der Waals surface area (Å²) in [6.45, 7) is 5.51. The molecule has 0 saturated carbocycles. The summed E-state index contributed by atoms with van der Waals surface area (Å²) < 4.78 is 0. The Labute approximate surface area is 81.0 Å². The Morgan fingerprint density at radius 1 is 1.15 bits per heavy atom. The number of amides is 1. The number of carbonyl (C=O) groups excluding carboxylic acids is 1. The van der Waals surface area contributed by atoms with E-state index in [0.29, 0.717) is 13.2 Å². The second kappa shape index (κ2) is 9.52. The van der Waals surface area contributed by atoms with Crippen molar-refractivity contribution in [3.8, 4) is 0 Å². The van der Waals surface area contributed by atoms with Crippen molar-refractivity contribution in [1.29, 1.82) is 0 Å². The van der Waals surface area contributed by atoms with Crippen LogP contribution in [-0.2, 0) is 9.63 Å². The van der Waals surface area contributed by atoms with Crippen molar-refractivity contribution >= 4 is 6.41 Å². The van der Waals surface area contributed by atoms with Crippen molar-refractivity contribution < 1.29 is 9.63 Å². The second-order valence-electron chi connectivity index (χ2n) is 3.09. The number of hydroxylamine groups is 2. The number of rotatable bonds is 9. The maximum absolute atomic E-state index is 10.4. The fraction of sp³-hybridized carbons (Fsp3) is 0.900. The first-order chi connectivity index (χ1) is 6.35. The monoisotopic (exact) mass is 186 g/mol. The molecule has 0 N–H and O–H groups in total. The lowest BCUT2D eigenvalue weighted by Gasteiger charge is -2.14. The Balaban J connectivity index is 3.31. The van der Waals surface area contributed by atoms with Gasteiger partial charge in [-0.15, -0.1) is 0 Å². The molecule has 3 nitrogen and oxygen atoms in total. The van der Waals surface area contributed by atoms with Gasteiger partial charge < -0.3 is 0 Å². The minimum Gasteiger partial charge on any atom is -0.271 e. The SMILES string of the molecule is CCCCCON([C]=O)CCCC. The maximum Gasteiger partial charge on any atom is 0.337 e. The summed E-state index contributed by atoms with van der Waals surface area (Å²) in [6.07, 6.45) is 7.15. The zero-order chi connectivity index (χ0) is 9.94. The molecule has 1 radical (unpaired) electrons. The zero-order valence-electron chi connectivity index (χ0n) is 8.71. The quantitative estimate of drug-likeness (QED) is 0.314.